The molecule has 2 aromatic carbocycles. The Balaban J connectivity index is 1.91. The Morgan fingerprint density at radius 3 is 2.62 bits per heavy atom. The molecule has 1 heterocycles. The lowest BCUT2D eigenvalue weighted by atomic mass is 10.2. The second kappa shape index (κ2) is 5.35. The minimum Gasteiger partial charge on any atom is -0.481 e. The third-order valence-electron chi connectivity index (χ3n) is 2.83. The van der Waals surface area contributed by atoms with Gasteiger partial charge in [0.15, 0.2) is 12.4 Å². The molecule has 7 heteroatoms. The predicted molar refractivity (Wildman–Crippen MR) is 81.5 cm³/mol. The first-order chi connectivity index (χ1) is 10.0. The number of halogens is 2. The molecular weight excluding hydrogens is 315 g/mol. The van der Waals surface area contributed by atoms with Crippen LogP contribution in [0.1, 0.15) is 0 Å². The molecule has 0 bridgehead atoms. The molecule has 0 unspecified atom stereocenters. The van der Waals surface area contributed by atoms with Crippen LogP contribution in [-0.2, 0) is 4.79 Å². The highest BCUT2D eigenvalue weighted by Crippen LogP contribution is 2.40. The first-order valence-corrected chi connectivity index (χ1v) is 6.77. The van der Waals surface area contributed by atoms with Crippen LogP contribution in [0.2, 0.25) is 10.0 Å². The van der Waals surface area contributed by atoms with Crippen LogP contribution in [0.3, 0.4) is 0 Å². The summed E-state index contributed by atoms with van der Waals surface area (Å²) in [5, 5.41) is 3.32. The zero-order valence-electron chi connectivity index (χ0n) is 10.7. The molecule has 2 aromatic rings. The highest BCUT2D eigenvalue weighted by molar-refractivity contribution is 6.37. The van der Waals surface area contributed by atoms with E-state index in [0.717, 1.165) is 0 Å². The molecule has 0 fully saturated rings. The van der Waals surface area contributed by atoms with E-state index in [0.29, 0.717) is 38.7 Å². The fourth-order valence-electron chi connectivity index (χ4n) is 1.91. The van der Waals surface area contributed by atoms with Crippen LogP contribution in [0.5, 0.6) is 17.2 Å². The highest BCUT2D eigenvalue weighted by Gasteiger charge is 2.17. The molecule has 21 heavy (non-hydrogen) atoms. The van der Waals surface area contributed by atoms with Crippen molar-refractivity contribution in [2.75, 3.05) is 17.7 Å². The lowest BCUT2D eigenvalue weighted by Crippen LogP contribution is -2.25. The van der Waals surface area contributed by atoms with Crippen LogP contribution < -0.4 is 20.5 Å². The molecule has 3 rings (SSSR count). The minimum absolute atomic E-state index is 0.0279. The number of amides is 1. The van der Waals surface area contributed by atoms with Gasteiger partial charge in [0.25, 0.3) is 5.91 Å². The summed E-state index contributed by atoms with van der Waals surface area (Å²) in [6.45, 7) is -0.0279. The number of nitrogens with two attached hydrogens (primary N) is 1. The monoisotopic (exact) mass is 324 g/mol. The number of ether oxygens (including phenoxy) is 2. The Labute approximate surface area is 130 Å². The van der Waals surface area contributed by atoms with Crippen molar-refractivity contribution in [1.82, 2.24) is 0 Å². The summed E-state index contributed by atoms with van der Waals surface area (Å²) in [4.78, 5) is 11.2. The average Bonchev–Trinajstić information content (AvgIpc) is 2.43. The topological polar surface area (TPSA) is 73.6 Å². The van der Waals surface area contributed by atoms with Crippen LogP contribution in [-0.4, -0.2) is 12.5 Å². The second-order valence-corrected chi connectivity index (χ2v) is 5.22. The molecule has 5 nitrogen and oxygen atoms in total. The molecule has 0 atom stereocenters. The van der Waals surface area contributed by atoms with Gasteiger partial charge in [0.1, 0.15) is 11.5 Å². The van der Waals surface area contributed by atoms with Crippen LogP contribution >= 0.6 is 23.2 Å². The van der Waals surface area contributed by atoms with E-state index in [2.05, 4.69) is 5.32 Å². The summed E-state index contributed by atoms with van der Waals surface area (Å²) in [6, 6.07) is 8.12. The number of hydrogen-bond donors (Lipinski definition) is 2. The Morgan fingerprint density at radius 1 is 1.19 bits per heavy atom. The van der Waals surface area contributed by atoms with Crippen molar-refractivity contribution in [3.63, 3.8) is 0 Å². The zero-order valence-corrected chi connectivity index (χ0v) is 12.2. The molecule has 0 saturated carbocycles. The standard InChI is InChI=1S/C14H10Cl2N2O3/c15-9-3-7(17)4-10(16)14(9)21-8-1-2-11-12(5-8)20-6-13(19)18-11/h1-5H,6,17H2,(H,18,19). The van der Waals surface area contributed by atoms with E-state index in [1.165, 1.54) is 0 Å². The maximum Gasteiger partial charge on any atom is 0.262 e. The number of nitrogens with one attached hydrogen (secondary N) is 1. The number of hydrogen-bond acceptors (Lipinski definition) is 4. The third kappa shape index (κ3) is 2.84. The van der Waals surface area contributed by atoms with E-state index in [1.807, 2.05) is 0 Å². The molecule has 1 aliphatic heterocycles. The predicted octanol–water partition coefficient (Wildman–Crippen LogP) is 3.70. The molecule has 0 radical (unpaired) electrons. The summed E-state index contributed by atoms with van der Waals surface area (Å²) >= 11 is 12.1. The van der Waals surface area contributed by atoms with Gasteiger partial charge >= 0.3 is 0 Å². The Bertz CT molecular complexity index is 711. The van der Waals surface area contributed by atoms with E-state index >= 15 is 0 Å². The van der Waals surface area contributed by atoms with Gasteiger partial charge in [0.05, 0.1) is 15.7 Å². The Morgan fingerprint density at radius 2 is 1.90 bits per heavy atom. The largest absolute Gasteiger partial charge is 0.481 e. The van der Waals surface area contributed by atoms with E-state index in [-0.39, 0.29) is 12.5 Å². The van der Waals surface area contributed by atoms with Gasteiger partial charge in [0, 0.05) is 11.8 Å². The number of nitrogen functional groups attached to an aromatic ring is 1. The van der Waals surface area contributed by atoms with E-state index in [9.17, 15) is 4.79 Å². The quantitative estimate of drug-likeness (QED) is 0.826. The number of rotatable bonds is 2. The minimum atomic E-state index is -0.194. The van der Waals surface area contributed by atoms with Gasteiger partial charge in [-0.05, 0) is 24.3 Å². The molecule has 1 amide bonds. The molecule has 3 N–H and O–H groups in total. The fraction of sp³-hybridized carbons (Fsp3) is 0.0714. The summed E-state index contributed by atoms with van der Waals surface area (Å²) in [6.07, 6.45) is 0. The maximum absolute atomic E-state index is 11.2. The van der Waals surface area contributed by atoms with Crippen molar-refractivity contribution in [3.05, 3.63) is 40.4 Å². The number of fused-ring (bicyclic) bond motifs is 1. The first-order valence-electron chi connectivity index (χ1n) is 6.02. The molecule has 0 aromatic heterocycles. The molecule has 0 saturated heterocycles. The Hall–Kier alpha value is -2.11. The number of anilines is 2. The molecule has 108 valence electrons. The van der Waals surface area contributed by atoms with Crippen molar-refractivity contribution in [1.29, 1.82) is 0 Å². The van der Waals surface area contributed by atoms with E-state index in [1.54, 1.807) is 30.3 Å². The van der Waals surface area contributed by atoms with E-state index < -0.39 is 0 Å². The lowest BCUT2D eigenvalue weighted by molar-refractivity contribution is -0.118. The maximum atomic E-state index is 11.2. The smallest absolute Gasteiger partial charge is 0.262 e. The average molecular weight is 325 g/mol. The third-order valence-corrected chi connectivity index (χ3v) is 3.39. The zero-order chi connectivity index (χ0) is 15.0. The first kappa shape index (κ1) is 13.9. The fourth-order valence-corrected chi connectivity index (χ4v) is 2.49. The second-order valence-electron chi connectivity index (χ2n) is 4.41. The summed E-state index contributed by atoms with van der Waals surface area (Å²) < 4.78 is 11.0. The summed E-state index contributed by atoms with van der Waals surface area (Å²) in [5.74, 6) is 1.13. The van der Waals surface area contributed by atoms with Gasteiger partial charge in [0.2, 0.25) is 0 Å². The van der Waals surface area contributed by atoms with Gasteiger partial charge in [-0.3, -0.25) is 4.79 Å². The van der Waals surface area contributed by atoms with Gasteiger partial charge in [-0.2, -0.15) is 0 Å². The lowest BCUT2D eigenvalue weighted by Gasteiger charge is -2.19. The normalized spacial score (nSPS) is 13.1. The number of carbonyl (C=O) groups is 1. The number of benzene rings is 2. The van der Waals surface area contributed by atoms with Crippen LogP contribution in [0, 0.1) is 0 Å². The van der Waals surface area contributed by atoms with Crippen molar-refractivity contribution in [2.45, 2.75) is 0 Å². The SMILES string of the molecule is Nc1cc(Cl)c(Oc2ccc3c(c2)OCC(=O)N3)c(Cl)c1. The molecule has 0 spiro atoms. The van der Waals surface area contributed by atoms with E-state index in [4.69, 9.17) is 38.4 Å². The molecular formula is C14H10Cl2N2O3. The van der Waals surface area contributed by atoms with Gasteiger partial charge in [-0.25, -0.2) is 0 Å². The molecule has 1 aliphatic rings. The van der Waals surface area contributed by atoms with Gasteiger partial charge in [-0.1, -0.05) is 23.2 Å². The van der Waals surface area contributed by atoms with Crippen molar-refractivity contribution in [2.24, 2.45) is 0 Å². The van der Waals surface area contributed by atoms with Crippen LogP contribution in [0.15, 0.2) is 30.3 Å². The number of carbonyl (C=O) groups excluding carboxylic acids is 1. The van der Waals surface area contributed by atoms with Gasteiger partial charge < -0.3 is 20.5 Å². The highest BCUT2D eigenvalue weighted by atomic mass is 35.5. The van der Waals surface area contributed by atoms with Crippen LogP contribution in [0.4, 0.5) is 11.4 Å². The van der Waals surface area contributed by atoms with Crippen molar-refractivity contribution in [3.8, 4) is 17.2 Å². The van der Waals surface area contributed by atoms with Crippen molar-refractivity contribution < 1.29 is 14.3 Å². The Kier molecular flexibility index (Phi) is 3.53. The van der Waals surface area contributed by atoms with Crippen LogP contribution in [0.25, 0.3) is 0 Å². The van der Waals surface area contributed by atoms with Crippen molar-refractivity contribution >= 4 is 40.5 Å². The van der Waals surface area contributed by atoms with Gasteiger partial charge in [-0.15, -0.1) is 0 Å². The molecule has 0 aliphatic carbocycles. The summed E-state index contributed by atoms with van der Waals surface area (Å²) in [7, 11) is 0. The summed E-state index contributed by atoms with van der Waals surface area (Å²) in [5.41, 5.74) is 6.68.